The summed E-state index contributed by atoms with van der Waals surface area (Å²) in [5.41, 5.74) is 6.32. The van der Waals surface area contributed by atoms with Gasteiger partial charge in [-0.15, -0.1) is 0 Å². The Balaban J connectivity index is 2.63. The maximum Gasteiger partial charge on any atom is 0.328 e. The van der Waals surface area contributed by atoms with Gasteiger partial charge in [0.25, 0.3) is 0 Å². The quantitative estimate of drug-likeness (QED) is 0.242. The number of hydrogen-bond acceptors (Lipinski definition) is 7. The minimum atomic E-state index is -1.57. The third kappa shape index (κ3) is 5.61. The van der Waals surface area contributed by atoms with Crippen LogP contribution >= 0.6 is 0 Å². The average molecular weight is 343 g/mol. The third-order valence-corrected chi connectivity index (χ3v) is 3.19. The van der Waals surface area contributed by atoms with Crippen molar-refractivity contribution in [3.05, 3.63) is 18.2 Å². The molecule has 0 aromatic carbocycles. The minimum absolute atomic E-state index is 0.136. The molecular weight excluding hydrogens is 322 g/mol. The molecule has 0 bridgehead atoms. The number of carbonyl (C=O) groups excluding carboxylic acids is 2. The molecule has 1 aromatic rings. The highest BCUT2D eigenvalue weighted by atomic mass is 16.4. The number of aliphatic hydroxyl groups excluding tert-OH is 2. The molecule has 134 valence electrons. The van der Waals surface area contributed by atoms with Crippen LogP contribution in [0, 0.1) is 0 Å². The van der Waals surface area contributed by atoms with E-state index >= 15 is 0 Å². The van der Waals surface area contributed by atoms with E-state index in [2.05, 4.69) is 15.3 Å². The topological polar surface area (TPSA) is 191 Å². The number of aliphatic carboxylic acids is 1. The Labute approximate surface area is 137 Å². The van der Waals surface area contributed by atoms with E-state index < -0.39 is 48.6 Å². The maximum atomic E-state index is 12.0. The lowest BCUT2D eigenvalue weighted by Gasteiger charge is -2.22. The SMILES string of the molecule is CC(O)C(NC(=O)C(CO)NC(=O)C(N)Cc1cnc[nH]1)C(=O)O. The molecular formula is C13H21N5O6. The second-order valence-electron chi connectivity index (χ2n) is 5.20. The van der Waals surface area contributed by atoms with Crippen molar-refractivity contribution in [1.82, 2.24) is 20.6 Å². The van der Waals surface area contributed by atoms with Gasteiger partial charge in [-0.1, -0.05) is 0 Å². The number of nitrogens with one attached hydrogen (secondary N) is 3. The van der Waals surface area contributed by atoms with Crippen molar-refractivity contribution < 1.29 is 29.7 Å². The third-order valence-electron chi connectivity index (χ3n) is 3.19. The number of H-pyrrole nitrogens is 1. The normalized spacial score (nSPS) is 15.8. The molecule has 0 fully saturated rings. The molecule has 2 amide bonds. The first-order valence-electron chi connectivity index (χ1n) is 7.11. The van der Waals surface area contributed by atoms with E-state index in [1.54, 1.807) is 0 Å². The van der Waals surface area contributed by atoms with E-state index in [-0.39, 0.29) is 6.42 Å². The maximum absolute atomic E-state index is 12.0. The Kier molecular flexibility index (Phi) is 7.30. The van der Waals surface area contributed by atoms with E-state index in [9.17, 15) is 24.6 Å². The van der Waals surface area contributed by atoms with Gasteiger partial charge in [-0.05, 0) is 6.92 Å². The first-order chi connectivity index (χ1) is 11.3. The first kappa shape index (κ1) is 19.5. The Morgan fingerprint density at radius 3 is 2.46 bits per heavy atom. The van der Waals surface area contributed by atoms with Gasteiger partial charge >= 0.3 is 5.97 Å². The number of carboxylic acid groups (broad SMARTS) is 1. The Morgan fingerprint density at radius 2 is 2.00 bits per heavy atom. The number of hydrogen-bond donors (Lipinski definition) is 7. The van der Waals surface area contributed by atoms with E-state index in [4.69, 9.17) is 10.8 Å². The van der Waals surface area contributed by atoms with Crippen LogP contribution in [0.15, 0.2) is 12.5 Å². The number of imidazole rings is 1. The molecule has 8 N–H and O–H groups in total. The number of nitrogens with two attached hydrogens (primary N) is 1. The van der Waals surface area contributed by atoms with Crippen LogP contribution in [0.2, 0.25) is 0 Å². The zero-order chi connectivity index (χ0) is 18.3. The van der Waals surface area contributed by atoms with E-state index in [0.29, 0.717) is 5.69 Å². The van der Waals surface area contributed by atoms with Gasteiger partial charge in [0.1, 0.15) is 6.04 Å². The minimum Gasteiger partial charge on any atom is -0.480 e. The molecule has 1 aromatic heterocycles. The summed E-state index contributed by atoms with van der Waals surface area (Å²) in [6.07, 6.45) is 1.69. The van der Waals surface area contributed by atoms with Gasteiger partial charge in [0.15, 0.2) is 6.04 Å². The first-order valence-corrected chi connectivity index (χ1v) is 7.11. The summed E-state index contributed by atoms with van der Waals surface area (Å²) in [5.74, 6) is -3.10. The number of aliphatic hydroxyl groups is 2. The average Bonchev–Trinajstić information content (AvgIpc) is 3.01. The summed E-state index contributed by atoms with van der Waals surface area (Å²) >= 11 is 0. The summed E-state index contributed by atoms with van der Waals surface area (Å²) in [5, 5.41) is 31.7. The lowest BCUT2D eigenvalue weighted by molar-refractivity contribution is -0.145. The van der Waals surface area contributed by atoms with Crippen LogP contribution in [-0.2, 0) is 20.8 Å². The number of amides is 2. The van der Waals surface area contributed by atoms with E-state index in [0.717, 1.165) is 0 Å². The van der Waals surface area contributed by atoms with Crippen LogP contribution in [0.4, 0.5) is 0 Å². The fourth-order valence-corrected chi connectivity index (χ4v) is 1.84. The summed E-state index contributed by atoms with van der Waals surface area (Å²) < 4.78 is 0. The highest BCUT2D eigenvalue weighted by Gasteiger charge is 2.30. The van der Waals surface area contributed by atoms with Crippen LogP contribution in [0.3, 0.4) is 0 Å². The second kappa shape index (κ2) is 8.96. The van der Waals surface area contributed by atoms with Gasteiger partial charge in [-0.3, -0.25) is 9.59 Å². The molecule has 0 aliphatic heterocycles. The molecule has 0 spiro atoms. The van der Waals surface area contributed by atoms with Gasteiger partial charge in [-0.25, -0.2) is 9.78 Å². The van der Waals surface area contributed by atoms with Gasteiger partial charge < -0.3 is 36.7 Å². The molecule has 0 saturated carbocycles. The Hall–Kier alpha value is -2.50. The summed E-state index contributed by atoms with van der Waals surface area (Å²) in [7, 11) is 0. The molecule has 4 atom stereocenters. The Morgan fingerprint density at radius 1 is 1.33 bits per heavy atom. The standard InChI is InChI=1S/C13H21N5O6/c1-6(20)10(13(23)24)18-12(22)9(4-19)17-11(21)8(14)2-7-3-15-5-16-7/h3,5-6,8-10,19-20H,2,4,14H2,1H3,(H,15,16)(H,17,21)(H,18,22)(H,23,24). The highest BCUT2D eigenvalue weighted by molar-refractivity contribution is 5.92. The largest absolute Gasteiger partial charge is 0.480 e. The molecule has 24 heavy (non-hydrogen) atoms. The van der Waals surface area contributed by atoms with Crippen molar-refractivity contribution in [2.45, 2.75) is 37.6 Å². The van der Waals surface area contributed by atoms with Crippen LogP contribution in [0.5, 0.6) is 0 Å². The van der Waals surface area contributed by atoms with Crippen molar-refractivity contribution in [3.8, 4) is 0 Å². The van der Waals surface area contributed by atoms with Gasteiger partial charge in [-0.2, -0.15) is 0 Å². The zero-order valence-electron chi connectivity index (χ0n) is 13.0. The van der Waals surface area contributed by atoms with Crippen LogP contribution < -0.4 is 16.4 Å². The van der Waals surface area contributed by atoms with Crippen molar-refractivity contribution in [1.29, 1.82) is 0 Å². The Bertz CT molecular complexity index is 561. The number of carboxylic acids is 1. The number of carbonyl (C=O) groups is 3. The number of nitrogens with zero attached hydrogens (tertiary/aromatic N) is 1. The number of aromatic amines is 1. The smallest absolute Gasteiger partial charge is 0.328 e. The summed E-state index contributed by atoms with van der Waals surface area (Å²) in [6, 6.07) is -3.97. The van der Waals surface area contributed by atoms with Crippen LogP contribution in [0.25, 0.3) is 0 Å². The molecule has 0 aliphatic rings. The van der Waals surface area contributed by atoms with Gasteiger partial charge in [0.05, 0.1) is 25.1 Å². The molecule has 0 saturated heterocycles. The van der Waals surface area contributed by atoms with Crippen molar-refractivity contribution in [2.75, 3.05) is 6.61 Å². The van der Waals surface area contributed by atoms with E-state index in [1.807, 2.05) is 5.32 Å². The fraction of sp³-hybridized carbons (Fsp3) is 0.538. The monoisotopic (exact) mass is 343 g/mol. The van der Waals surface area contributed by atoms with Crippen molar-refractivity contribution >= 4 is 17.8 Å². The summed E-state index contributed by atoms with van der Waals surface area (Å²) in [6.45, 7) is 0.423. The zero-order valence-corrected chi connectivity index (χ0v) is 13.0. The van der Waals surface area contributed by atoms with E-state index in [1.165, 1.54) is 19.4 Å². The van der Waals surface area contributed by atoms with Gasteiger partial charge in [0.2, 0.25) is 11.8 Å². The number of aromatic nitrogens is 2. The second-order valence-corrected chi connectivity index (χ2v) is 5.20. The predicted molar refractivity (Wildman–Crippen MR) is 80.5 cm³/mol. The van der Waals surface area contributed by atoms with Crippen molar-refractivity contribution in [2.24, 2.45) is 5.73 Å². The van der Waals surface area contributed by atoms with Crippen LogP contribution in [-0.4, -0.2) is 73.9 Å². The molecule has 4 unspecified atom stereocenters. The van der Waals surface area contributed by atoms with Crippen molar-refractivity contribution in [3.63, 3.8) is 0 Å². The fourth-order valence-electron chi connectivity index (χ4n) is 1.84. The molecule has 0 aliphatic carbocycles. The summed E-state index contributed by atoms with van der Waals surface area (Å²) in [4.78, 5) is 41.4. The molecule has 1 rings (SSSR count). The highest BCUT2D eigenvalue weighted by Crippen LogP contribution is 1.98. The predicted octanol–water partition coefficient (Wildman–Crippen LogP) is -3.29. The lowest BCUT2D eigenvalue weighted by Crippen LogP contribution is -2.57. The van der Waals surface area contributed by atoms with Gasteiger partial charge in [0, 0.05) is 18.3 Å². The molecule has 0 radical (unpaired) electrons. The lowest BCUT2D eigenvalue weighted by atomic mass is 10.1. The number of rotatable bonds is 9. The molecule has 1 heterocycles. The van der Waals surface area contributed by atoms with Crippen LogP contribution in [0.1, 0.15) is 12.6 Å². The molecule has 11 heteroatoms. The molecule has 11 nitrogen and oxygen atoms in total.